The standard InChI is InChI=1S/C32H40N2O3/c1-23(2)20-33-32(36)30(19-26-9-7-6-8-10-26)34(21-27-13-11-25(5)12-14-27)31(35)22-37-29-17-15-28(16-18-29)24(3)4/h6-18,23-24,30H,19-22H2,1-5H3,(H,33,36)/t30-/m1/s1. The minimum Gasteiger partial charge on any atom is -0.484 e. The quantitative estimate of drug-likeness (QED) is 0.336. The number of hydrogen-bond donors (Lipinski definition) is 1. The molecule has 3 aromatic rings. The average molecular weight is 501 g/mol. The van der Waals surface area contributed by atoms with Crippen molar-refractivity contribution in [3.05, 3.63) is 101 Å². The molecule has 37 heavy (non-hydrogen) atoms. The Balaban J connectivity index is 1.86. The third-order valence-corrected chi connectivity index (χ3v) is 6.34. The summed E-state index contributed by atoms with van der Waals surface area (Å²) in [4.78, 5) is 28.8. The molecule has 0 fully saturated rings. The van der Waals surface area contributed by atoms with Gasteiger partial charge in [-0.05, 0) is 47.6 Å². The predicted molar refractivity (Wildman–Crippen MR) is 150 cm³/mol. The largest absolute Gasteiger partial charge is 0.484 e. The lowest BCUT2D eigenvalue weighted by atomic mass is 10.0. The van der Waals surface area contributed by atoms with E-state index in [-0.39, 0.29) is 18.4 Å². The molecule has 0 aliphatic carbocycles. The van der Waals surface area contributed by atoms with Crippen molar-refractivity contribution in [1.82, 2.24) is 10.2 Å². The van der Waals surface area contributed by atoms with Gasteiger partial charge in [0.05, 0.1) is 0 Å². The van der Waals surface area contributed by atoms with Crippen molar-refractivity contribution in [2.24, 2.45) is 5.92 Å². The molecule has 0 unspecified atom stereocenters. The topological polar surface area (TPSA) is 58.6 Å². The number of nitrogens with zero attached hydrogens (tertiary/aromatic N) is 1. The van der Waals surface area contributed by atoms with E-state index in [1.54, 1.807) is 4.90 Å². The van der Waals surface area contributed by atoms with Crippen LogP contribution >= 0.6 is 0 Å². The zero-order chi connectivity index (χ0) is 26.8. The summed E-state index contributed by atoms with van der Waals surface area (Å²) in [5.74, 6) is 0.980. The van der Waals surface area contributed by atoms with E-state index in [0.29, 0.717) is 37.1 Å². The van der Waals surface area contributed by atoms with Gasteiger partial charge in [-0.2, -0.15) is 0 Å². The van der Waals surface area contributed by atoms with E-state index in [1.807, 2.05) is 85.8 Å². The normalized spacial score (nSPS) is 11.9. The van der Waals surface area contributed by atoms with Gasteiger partial charge < -0.3 is 15.0 Å². The van der Waals surface area contributed by atoms with E-state index >= 15 is 0 Å². The fourth-order valence-corrected chi connectivity index (χ4v) is 4.04. The molecule has 0 aliphatic rings. The minimum absolute atomic E-state index is 0.143. The Morgan fingerprint density at radius 3 is 2.08 bits per heavy atom. The minimum atomic E-state index is -0.665. The molecule has 0 radical (unpaired) electrons. The van der Waals surface area contributed by atoms with Gasteiger partial charge >= 0.3 is 0 Å². The van der Waals surface area contributed by atoms with E-state index in [2.05, 4.69) is 33.0 Å². The first kappa shape index (κ1) is 28.0. The van der Waals surface area contributed by atoms with Crippen LogP contribution in [0.1, 0.15) is 55.9 Å². The summed E-state index contributed by atoms with van der Waals surface area (Å²) in [5, 5.41) is 3.05. The van der Waals surface area contributed by atoms with Crippen LogP contribution in [0.2, 0.25) is 0 Å². The zero-order valence-corrected chi connectivity index (χ0v) is 22.7. The average Bonchev–Trinajstić information content (AvgIpc) is 2.89. The lowest BCUT2D eigenvalue weighted by molar-refractivity contribution is -0.142. The maximum Gasteiger partial charge on any atom is 0.261 e. The number of nitrogens with one attached hydrogen (secondary N) is 1. The van der Waals surface area contributed by atoms with Gasteiger partial charge in [-0.1, -0.05) is 100.0 Å². The van der Waals surface area contributed by atoms with Crippen molar-refractivity contribution >= 4 is 11.8 Å². The highest BCUT2D eigenvalue weighted by molar-refractivity contribution is 5.88. The third kappa shape index (κ3) is 8.78. The van der Waals surface area contributed by atoms with Crippen LogP contribution in [0.3, 0.4) is 0 Å². The SMILES string of the molecule is Cc1ccc(CN(C(=O)COc2ccc(C(C)C)cc2)[C@H](Cc2ccccc2)C(=O)NCC(C)C)cc1. The molecule has 0 saturated heterocycles. The molecule has 3 rings (SSSR count). The van der Waals surface area contributed by atoms with Gasteiger partial charge in [-0.15, -0.1) is 0 Å². The molecule has 3 aromatic carbocycles. The lowest BCUT2D eigenvalue weighted by Gasteiger charge is -2.31. The first-order valence-corrected chi connectivity index (χ1v) is 13.1. The Hall–Kier alpha value is -3.60. The first-order chi connectivity index (χ1) is 17.7. The Morgan fingerprint density at radius 2 is 1.49 bits per heavy atom. The molecule has 0 spiro atoms. The predicted octanol–water partition coefficient (Wildman–Crippen LogP) is 5.91. The highest BCUT2D eigenvalue weighted by Gasteiger charge is 2.30. The Labute approximate surface area is 221 Å². The number of carbonyl (C=O) groups excluding carboxylic acids is 2. The van der Waals surface area contributed by atoms with Crippen LogP contribution in [0, 0.1) is 12.8 Å². The number of aryl methyl sites for hydroxylation is 1. The maximum atomic E-state index is 13.7. The van der Waals surface area contributed by atoms with E-state index in [0.717, 1.165) is 16.7 Å². The summed E-state index contributed by atoms with van der Waals surface area (Å²) in [5.41, 5.74) is 4.32. The monoisotopic (exact) mass is 500 g/mol. The van der Waals surface area contributed by atoms with Gasteiger partial charge in [-0.25, -0.2) is 0 Å². The van der Waals surface area contributed by atoms with Gasteiger partial charge in [0.25, 0.3) is 5.91 Å². The smallest absolute Gasteiger partial charge is 0.261 e. The Bertz CT molecular complexity index is 1120. The summed E-state index contributed by atoms with van der Waals surface area (Å²) in [6.07, 6.45) is 0.422. The molecular formula is C32H40N2O3. The van der Waals surface area contributed by atoms with Gasteiger partial charge in [0.1, 0.15) is 11.8 Å². The van der Waals surface area contributed by atoms with Crippen LogP contribution < -0.4 is 10.1 Å². The van der Waals surface area contributed by atoms with Crippen LogP contribution in [0.5, 0.6) is 5.75 Å². The van der Waals surface area contributed by atoms with Gasteiger partial charge in [-0.3, -0.25) is 9.59 Å². The zero-order valence-electron chi connectivity index (χ0n) is 22.7. The molecule has 1 N–H and O–H groups in total. The molecule has 2 amide bonds. The number of ether oxygens (including phenoxy) is 1. The summed E-state index contributed by atoms with van der Waals surface area (Å²) in [7, 11) is 0. The van der Waals surface area contributed by atoms with Crippen LogP contribution in [0.4, 0.5) is 0 Å². The second kappa shape index (κ2) is 13.6. The molecular weight excluding hydrogens is 460 g/mol. The molecule has 5 nitrogen and oxygen atoms in total. The fraction of sp³-hybridized carbons (Fsp3) is 0.375. The molecule has 0 aliphatic heterocycles. The van der Waals surface area contributed by atoms with Gasteiger partial charge in [0.2, 0.25) is 5.91 Å². The highest BCUT2D eigenvalue weighted by Crippen LogP contribution is 2.20. The van der Waals surface area contributed by atoms with Crippen molar-refractivity contribution in [2.45, 2.75) is 59.5 Å². The molecule has 0 heterocycles. The van der Waals surface area contributed by atoms with Crippen LogP contribution in [0.15, 0.2) is 78.9 Å². The maximum absolute atomic E-state index is 13.7. The summed E-state index contributed by atoms with van der Waals surface area (Å²) in [6.45, 7) is 11.1. The molecule has 196 valence electrons. The van der Waals surface area contributed by atoms with Gasteiger partial charge in [0.15, 0.2) is 6.61 Å². The van der Waals surface area contributed by atoms with Crippen molar-refractivity contribution in [3.63, 3.8) is 0 Å². The van der Waals surface area contributed by atoms with E-state index in [1.165, 1.54) is 5.56 Å². The van der Waals surface area contributed by atoms with Crippen LogP contribution in [0.25, 0.3) is 0 Å². The third-order valence-electron chi connectivity index (χ3n) is 6.34. The Kier molecular flexibility index (Phi) is 10.3. The lowest BCUT2D eigenvalue weighted by Crippen LogP contribution is -2.52. The van der Waals surface area contributed by atoms with Crippen LogP contribution in [-0.4, -0.2) is 35.9 Å². The molecule has 0 aromatic heterocycles. The van der Waals surface area contributed by atoms with Crippen molar-refractivity contribution < 1.29 is 14.3 Å². The summed E-state index contributed by atoms with van der Waals surface area (Å²) < 4.78 is 5.90. The number of hydrogen-bond acceptors (Lipinski definition) is 3. The van der Waals surface area contributed by atoms with E-state index in [4.69, 9.17) is 4.74 Å². The second-order valence-corrected chi connectivity index (χ2v) is 10.4. The molecule has 1 atom stereocenters. The van der Waals surface area contributed by atoms with Gasteiger partial charge in [0, 0.05) is 19.5 Å². The molecule has 0 bridgehead atoms. The highest BCUT2D eigenvalue weighted by atomic mass is 16.5. The first-order valence-electron chi connectivity index (χ1n) is 13.1. The van der Waals surface area contributed by atoms with E-state index < -0.39 is 6.04 Å². The molecule has 5 heteroatoms. The molecule has 0 saturated carbocycles. The number of benzene rings is 3. The second-order valence-electron chi connectivity index (χ2n) is 10.4. The van der Waals surface area contributed by atoms with Crippen LogP contribution in [-0.2, 0) is 22.6 Å². The van der Waals surface area contributed by atoms with Crippen molar-refractivity contribution in [1.29, 1.82) is 0 Å². The van der Waals surface area contributed by atoms with E-state index in [9.17, 15) is 9.59 Å². The Morgan fingerprint density at radius 1 is 0.838 bits per heavy atom. The fourth-order valence-electron chi connectivity index (χ4n) is 4.04. The number of amides is 2. The van der Waals surface area contributed by atoms with Crippen molar-refractivity contribution in [3.8, 4) is 5.75 Å². The number of carbonyl (C=O) groups is 2. The summed E-state index contributed by atoms with van der Waals surface area (Å²) in [6, 6.07) is 25.1. The van der Waals surface area contributed by atoms with Crippen molar-refractivity contribution in [2.75, 3.05) is 13.2 Å². The summed E-state index contributed by atoms with van der Waals surface area (Å²) >= 11 is 0. The number of rotatable bonds is 12.